The van der Waals surface area contributed by atoms with E-state index < -0.39 is 0 Å². The number of Topliss-reactive ketones (excluding diaryl/α,β-unsaturated/α-hetero) is 1. The molecule has 0 aliphatic heterocycles. The van der Waals surface area contributed by atoms with Gasteiger partial charge in [0.25, 0.3) is 0 Å². The zero-order valence-electron chi connectivity index (χ0n) is 8.67. The van der Waals surface area contributed by atoms with Crippen LogP contribution in [0.3, 0.4) is 0 Å². The lowest BCUT2D eigenvalue weighted by Gasteiger charge is -2.03. The molecule has 0 fully saturated rings. The van der Waals surface area contributed by atoms with Gasteiger partial charge >= 0.3 is 0 Å². The van der Waals surface area contributed by atoms with E-state index in [1.165, 1.54) is 0 Å². The van der Waals surface area contributed by atoms with Gasteiger partial charge in [-0.15, -0.1) is 0 Å². The molecule has 0 unspecified atom stereocenters. The minimum Gasteiger partial charge on any atom is -0.379 e. The normalized spacial score (nSPS) is 10.3. The van der Waals surface area contributed by atoms with Crippen molar-refractivity contribution < 1.29 is 14.3 Å². The van der Waals surface area contributed by atoms with E-state index in [2.05, 4.69) is 6.92 Å². The van der Waals surface area contributed by atoms with Crippen molar-refractivity contribution >= 4 is 5.78 Å². The SMILES string of the molecule is CCCOCCOCCC(=O)CC. The smallest absolute Gasteiger partial charge is 0.134 e. The first-order chi connectivity index (χ1) is 6.31. The molecule has 0 N–H and O–H groups in total. The molecule has 0 aliphatic carbocycles. The van der Waals surface area contributed by atoms with E-state index in [0.29, 0.717) is 32.7 Å². The molecule has 3 nitrogen and oxygen atoms in total. The summed E-state index contributed by atoms with van der Waals surface area (Å²) < 4.78 is 10.4. The number of hydrogen-bond acceptors (Lipinski definition) is 3. The zero-order valence-corrected chi connectivity index (χ0v) is 8.67. The molecule has 0 atom stereocenters. The van der Waals surface area contributed by atoms with Crippen LogP contribution in [0.2, 0.25) is 0 Å². The maximum Gasteiger partial charge on any atom is 0.134 e. The third kappa shape index (κ3) is 9.50. The average Bonchev–Trinajstić information content (AvgIpc) is 2.16. The molecule has 0 saturated heterocycles. The lowest BCUT2D eigenvalue weighted by molar-refractivity contribution is -0.119. The Morgan fingerprint density at radius 1 is 1.00 bits per heavy atom. The number of carbonyl (C=O) groups excluding carboxylic acids is 1. The van der Waals surface area contributed by atoms with Gasteiger partial charge in [0, 0.05) is 19.4 Å². The van der Waals surface area contributed by atoms with Gasteiger partial charge in [0.1, 0.15) is 5.78 Å². The van der Waals surface area contributed by atoms with Crippen LogP contribution in [-0.4, -0.2) is 32.2 Å². The fourth-order valence-corrected chi connectivity index (χ4v) is 0.829. The van der Waals surface area contributed by atoms with Crippen molar-refractivity contribution in [1.29, 1.82) is 0 Å². The summed E-state index contributed by atoms with van der Waals surface area (Å²) in [7, 11) is 0. The van der Waals surface area contributed by atoms with Crippen LogP contribution in [0.5, 0.6) is 0 Å². The molecule has 0 heterocycles. The van der Waals surface area contributed by atoms with E-state index in [4.69, 9.17) is 9.47 Å². The topological polar surface area (TPSA) is 35.5 Å². The van der Waals surface area contributed by atoms with Crippen molar-refractivity contribution in [1.82, 2.24) is 0 Å². The van der Waals surface area contributed by atoms with Crippen molar-refractivity contribution in [3.05, 3.63) is 0 Å². The third-order valence-corrected chi connectivity index (χ3v) is 1.64. The van der Waals surface area contributed by atoms with Crippen molar-refractivity contribution in [2.45, 2.75) is 33.1 Å². The average molecular weight is 188 g/mol. The van der Waals surface area contributed by atoms with Gasteiger partial charge in [-0.25, -0.2) is 0 Å². The maximum atomic E-state index is 10.8. The van der Waals surface area contributed by atoms with Crippen LogP contribution in [0.1, 0.15) is 33.1 Å². The Hall–Kier alpha value is -0.410. The van der Waals surface area contributed by atoms with Crippen LogP contribution in [0.4, 0.5) is 0 Å². The van der Waals surface area contributed by atoms with E-state index >= 15 is 0 Å². The molecule has 0 saturated carbocycles. The number of ether oxygens (including phenoxy) is 2. The highest BCUT2D eigenvalue weighted by Crippen LogP contribution is 1.90. The van der Waals surface area contributed by atoms with Crippen molar-refractivity contribution in [2.75, 3.05) is 26.4 Å². The predicted octanol–water partition coefficient (Wildman–Crippen LogP) is 1.80. The van der Waals surface area contributed by atoms with E-state index in [1.807, 2.05) is 6.92 Å². The molecule has 0 aromatic heterocycles. The Bertz CT molecular complexity index is 123. The van der Waals surface area contributed by atoms with Gasteiger partial charge in [0.2, 0.25) is 0 Å². The molecule has 0 amide bonds. The van der Waals surface area contributed by atoms with Gasteiger partial charge < -0.3 is 9.47 Å². The van der Waals surface area contributed by atoms with Gasteiger partial charge in [-0.1, -0.05) is 13.8 Å². The Morgan fingerprint density at radius 2 is 1.62 bits per heavy atom. The van der Waals surface area contributed by atoms with E-state index in [1.54, 1.807) is 0 Å². The van der Waals surface area contributed by atoms with Crippen LogP contribution in [0, 0.1) is 0 Å². The number of rotatable bonds is 9. The van der Waals surface area contributed by atoms with E-state index in [0.717, 1.165) is 13.0 Å². The van der Waals surface area contributed by atoms with Crippen molar-refractivity contribution in [2.24, 2.45) is 0 Å². The lowest BCUT2D eigenvalue weighted by Crippen LogP contribution is -2.08. The molecule has 0 rings (SSSR count). The fraction of sp³-hybridized carbons (Fsp3) is 0.900. The molecular formula is C10H20O3. The number of ketones is 1. The molecule has 0 aromatic rings. The van der Waals surface area contributed by atoms with Gasteiger partial charge in [0.15, 0.2) is 0 Å². The molecule has 0 aromatic carbocycles. The highest BCUT2D eigenvalue weighted by Gasteiger charge is 1.96. The van der Waals surface area contributed by atoms with Crippen molar-refractivity contribution in [3.8, 4) is 0 Å². The Morgan fingerprint density at radius 3 is 2.15 bits per heavy atom. The zero-order chi connectivity index (χ0) is 9.94. The monoisotopic (exact) mass is 188 g/mol. The third-order valence-electron chi connectivity index (χ3n) is 1.64. The minimum atomic E-state index is 0.259. The van der Waals surface area contributed by atoms with E-state index in [-0.39, 0.29) is 5.78 Å². The van der Waals surface area contributed by atoms with Crippen LogP contribution >= 0.6 is 0 Å². The van der Waals surface area contributed by atoms with Gasteiger partial charge in [-0.3, -0.25) is 4.79 Å². The standard InChI is InChI=1S/C10H20O3/c1-3-6-12-8-9-13-7-5-10(11)4-2/h3-9H2,1-2H3. The largest absolute Gasteiger partial charge is 0.379 e. The Balaban J connectivity index is 2.95. The second-order valence-corrected chi connectivity index (χ2v) is 2.87. The molecule has 0 radical (unpaired) electrons. The summed E-state index contributed by atoms with van der Waals surface area (Å²) in [6, 6.07) is 0. The van der Waals surface area contributed by atoms with E-state index in [9.17, 15) is 4.79 Å². The maximum absolute atomic E-state index is 10.8. The van der Waals surface area contributed by atoms with Crippen LogP contribution in [0.15, 0.2) is 0 Å². The summed E-state index contributed by atoms with van der Waals surface area (Å²) in [5.41, 5.74) is 0. The quantitative estimate of drug-likeness (QED) is 0.517. The summed E-state index contributed by atoms with van der Waals surface area (Å²) in [5.74, 6) is 0.259. The van der Waals surface area contributed by atoms with Gasteiger partial charge in [0.05, 0.1) is 19.8 Å². The van der Waals surface area contributed by atoms with Crippen LogP contribution < -0.4 is 0 Å². The molecule has 78 valence electrons. The predicted molar refractivity (Wildman–Crippen MR) is 51.8 cm³/mol. The van der Waals surface area contributed by atoms with Gasteiger partial charge in [-0.2, -0.15) is 0 Å². The van der Waals surface area contributed by atoms with Crippen molar-refractivity contribution in [3.63, 3.8) is 0 Å². The summed E-state index contributed by atoms with van der Waals surface area (Å²) in [6.07, 6.45) is 2.17. The molecular weight excluding hydrogens is 168 g/mol. The Kier molecular flexibility index (Phi) is 9.37. The highest BCUT2D eigenvalue weighted by molar-refractivity contribution is 5.78. The molecule has 0 spiro atoms. The Labute approximate surface area is 80.4 Å². The second-order valence-electron chi connectivity index (χ2n) is 2.87. The molecule has 3 heteroatoms. The molecule has 0 bridgehead atoms. The first kappa shape index (κ1) is 12.6. The molecule has 0 aliphatic rings. The first-order valence-corrected chi connectivity index (χ1v) is 4.98. The number of hydrogen-bond donors (Lipinski definition) is 0. The molecule has 13 heavy (non-hydrogen) atoms. The summed E-state index contributed by atoms with van der Waals surface area (Å²) >= 11 is 0. The summed E-state index contributed by atoms with van der Waals surface area (Å²) in [6.45, 7) is 6.48. The minimum absolute atomic E-state index is 0.259. The summed E-state index contributed by atoms with van der Waals surface area (Å²) in [5, 5.41) is 0. The fourth-order valence-electron chi connectivity index (χ4n) is 0.829. The van der Waals surface area contributed by atoms with Crippen LogP contribution in [-0.2, 0) is 14.3 Å². The second kappa shape index (κ2) is 9.68. The lowest BCUT2D eigenvalue weighted by atomic mass is 10.2. The summed E-state index contributed by atoms with van der Waals surface area (Å²) in [4.78, 5) is 10.8. The first-order valence-electron chi connectivity index (χ1n) is 4.98. The van der Waals surface area contributed by atoms with Gasteiger partial charge in [-0.05, 0) is 6.42 Å². The highest BCUT2D eigenvalue weighted by atomic mass is 16.5. The van der Waals surface area contributed by atoms with Crippen LogP contribution in [0.25, 0.3) is 0 Å². The number of carbonyl (C=O) groups is 1.